The van der Waals surface area contributed by atoms with Crippen molar-refractivity contribution in [3.63, 3.8) is 0 Å². The number of benzene rings is 1. The number of sulfone groups is 1. The number of rotatable bonds is 6. The molecule has 0 unspecified atom stereocenters. The molecule has 0 spiro atoms. The van der Waals surface area contributed by atoms with Gasteiger partial charge in [0.25, 0.3) is 15.9 Å². The summed E-state index contributed by atoms with van der Waals surface area (Å²) in [5.41, 5.74) is 0. The van der Waals surface area contributed by atoms with Gasteiger partial charge in [-0.2, -0.15) is 0 Å². The molecule has 9 heteroatoms. The Hall–Kier alpha value is -1.45. The number of carbonyl (C=O) groups is 1. The highest BCUT2D eigenvalue weighted by molar-refractivity contribution is 7.91. The van der Waals surface area contributed by atoms with E-state index in [2.05, 4.69) is 0 Å². The number of nitrogens with one attached hydrogen (secondary N) is 1. The monoisotopic (exact) mass is 335 g/mol. The third-order valence-corrected chi connectivity index (χ3v) is 5.18. The van der Waals surface area contributed by atoms with Crippen molar-refractivity contribution >= 4 is 25.8 Å². The summed E-state index contributed by atoms with van der Waals surface area (Å²) < 4.78 is 53.7. The number of methoxy groups -OCH3 is 1. The Morgan fingerprint density at radius 3 is 2.29 bits per heavy atom. The van der Waals surface area contributed by atoms with Crippen LogP contribution in [0.15, 0.2) is 34.1 Å². The molecule has 0 heterocycles. The highest BCUT2D eigenvalue weighted by Gasteiger charge is 2.24. The van der Waals surface area contributed by atoms with Crippen LogP contribution in [0.2, 0.25) is 0 Å². The summed E-state index contributed by atoms with van der Waals surface area (Å²) in [7, 11) is -6.40. The lowest BCUT2D eigenvalue weighted by molar-refractivity contribution is -0.129. The lowest BCUT2D eigenvalue weighted by Crippen LogP contribution is -2.39. The predicted molar refractivity (Wildman–Crippen MR) is 76.0 cm³/mol. The van der Waals surface area contributed by atoms with Crippen LogP contribution in [0.5, 0.6) is 0 Å². The molecule has 0 bridgehead atoms. The molecular formula is C12H17NO6S2. The summed E-state index contributed by atoms with van der Waals surface area (Å²) in [6.07, 6.45) is 0.384. The largest absolute Gasteiger partial charge is 0.372 e. The minimum absolute atomic E-state index is 0.142. The van der Waals surface area contributed by atoms with E-state index in [1.165, 1.54) is 25.3 Å². The summed E-state index contributed by atoms with van der Waals surface area (Å²) in [4.78, 5) is 11.3. The van der Waals surface area contributed by atoms with Crippen LogP contribution in [0.3, 0.4) is 0 Å². The Labute approximate surface area is 124 Å². The highest BCUT2D eigenvalue weighted by Crippen LogP contribution is 2.15. The van der Waals surface area contributed by atoms with Crippen molar-refractivity contribution in [3.8, 4) is 0 Å². The zero-order valence-electron chi connectivity index (χ0n) is 11.9. The van der Waals surface area contributed by atoms with Crippen LogP contribution in [0, 0.1) is 0 Å². The van der Waals surface area contributed by atoms with Crippen LogP contribution in [-0.2, 0) is 29.4 Å². The van der Waals surface area contributed by atoms with Crippen molar-refractivity contribution in [3.05, 3.63) is 24.3 Å². The van der Waals surface area contributed by atoms with E-state index in [1.807, 2.05) is 4.72 Å². The van der Waals surface area contributed by atoms with Crippen LogP contribution in [0.1, 0.15) is 13.3 Å². The molecular weight excluding hydrogens is 318 g/mol. The Balaban J connectivity index is 3.12. The number of ether oxygens (including phenoxy) is 1. The fourth-order valence-corrected chi connectivity index (χ4v) is 3.38. The molecule has 0 saturated carbocycles. The van der Waals surface area contributed by atoms with E-state index in [4.69, 9.17) is 4.74 Å². The molecule has 1 amide bonds. The molecule has 0 saturated heterocycles. The second-order valence-electron chi connectivity index (χ2n) is 4.35. The van der Waals surface area contributed by atoms with Gasteiger partial charge in [-0.3, -0.25) is 4.79 Å². The molecule has 1 aromatic rings. The molecule has 0 fully saturated rings. The topological polar surface area (TPSA) is 107 Å². The molecule has 21 heavy (non-hydrogen) atoms. The van der Waals surface area contributed by atoms with Gasteiger partial charge in [0, 0.05) is 13.4 Å². The van der Waals surface area contributed by atoms with Gasteiger partial charge < -0.3 is 4.74 Å². The SMILES string of the molecule is CC[C@H](OC)C(=O)NS(=O)(=O)c1cccc(S(C)(=O)=O)c1. The average Bonchev–Trinajstić information content (AvgIpc) is 2.38. The minimum Gasteiger partial charge on any atom is -0.372 e. The van der Waals surface area contributed by atoms with E-state index in [0.29, 0.717) is 6.42 Å². The molecule has 1 atom stereocenters. The third-order valence-electron chi connectivity index (χ3n) is 2.73. The molecule has 0 aliphatic rings. The van der Waals surface area contributed by atoms with Gasteiger partial charge in [-0.05, 0) is 24.6 Å². The van der Waals surface area contributed by atoms with Crippen molar-refractivity contribution in [2.75, 3.05) is 13.4 Å². The minimum atomic E-state index is -4.15. The van der Waals surface area contributed by atoms with Gasteiger partial charge in [0.1, 0.15) is 6.10 Å². The standard InChI is InChI=1S/C12H17NO6S2/c1-4-11(19-2)12(14)13-21(17,18)10-7-5-6-9(8-10)20(3,15)16/h5-8,11H,4H2,1-3H3,(H,13,14)/t11-/m0/s1. The van der Waals surface area contributed by atoms with Crippen molar-refractivity contribution in [2.45, 2.75) is 29.2 Å². The van der Waals surface area contributed by atoms with E-state index in [0.717, 1.165) is 12.3 Å². The molecule has 0 aliphatic carbocycles. The molecule has 1 aromatic carbocycles. The van der Waals surface area contributed by atoms with Gasteiger partial charge in [-0.15, -0.1) is 0 Å². The predicted octanol–water partition coefficient (Wildman–Crippen LogP) is 0.320. The second kappa shape index (κ2) is 6.54. The quantitative estimate of drug-likeness (QED) is 0.802. The first-order valence-electron chi connectivity index (χ1n) is 6.01. The van der Waals surface area contributed by atoms with Crippen LogP contribution in [0.4, 0.5) is 0 Å². The van der Waals surface area contributed by atoms with Gasteiger partial charge in [0.05, 0.1) is 9.79 Å². The van der Waals surface area contributed by atoms with E-state index < -0.39 is 31.9 Å². The summed E-state index contributed by atoms with van der Waals surface area (Å²) in [5, 5.41) is 0. The lowest BCUT2D eigenvalue weighted by Gasteiger charge is -2.13. The van der Waals surface area contributed by atoms with Gasteiger partial charge in [-0.1, -0.05) is 13.0 Å². The Morgan fingerprint density at radius 2 is 1.81 bits per heavy atom. The van der Waals surface area contributed by atoms with Crippen LogP contribution < -0.4 is 4.72 Å². The average molecular weight is 335 g/mol. The highest BCUT2D eigenvalue weighted by atomic mass is 32.2. The van der Waals surface area contributed by atoms with E-state index in [9.17, 15) is 21.6 Å². The molecule has 7 nitrogen and oxygen atoms in total. The van der Waals surface area contributed by atoms with E-state index in [1.54, 1.807) is 6.92 Å². The van der Waals surface area contributed by atoms with E-state index >= 15 is 0 Å². The van der Waals surface area contributed by atoms with Crippen LogP contribution >= 0.6 is 0 Å². The number of hydrogen-bond acceptors (Lipinski definition) is 6. The van der Waals surface area contributed by atoms with Crippen molar-refractivity contribution in [2.24, 2.45) is 0 Å². The number of sulfonamides is 1. The van der Waals surface area contributed by atoms with Gasteiger partial charge >= 0.3 is 0 Å². The zero-order valence-corrected chi connectivity index (χ0v) is 13.5. The normalized spacial score (nSPS) is 13.7. The Morgan fingerprint density at radius 1 is 1.24 bits per heavy atom. The molecule has 0 radical (unpaired) electrons. The van der Waals surface area contributed by atoms with Crippen LogP contribution in [-0.4, -0.2) is 42.2 Å². The second-order valence-corrected chi connectivity index (χ2v) is 8.05. The summed E-state index contributed by atoms with van der Waals surface area (Å²) in [6.45, 7) is 1.67. The maximum Gasteiger partial charge on any atom is 0.264 e. The first-order chi connectivity index (χ1) is 9.61. The summed E-state index contributed by atoms with van der Waals surface area (Å²) in [6, 6.07) is 4.78. The summed E-state index contributed by atoms with van der Waals surface area (Å²) >= 11 is 0. The van der Waals surface area contributed by atoms with Gasteiger partial charge in [0.15, 0.2) is 9.84 Å². The number of hydrogen-bond donors (Lipinski definition) is 1. The smallest absolute Gasteiger partial charge is 0.264 e. The fourth-order valence-electron chi connectivity index (χ4n) is 1.59. The third kappa shape index (κ3) is 4.51. The van der Waals surface area contributed by atoms with Gasteiger partial charge in [-0.25, -0.2) is 21.6 Å². The van der Waals surface area contributed by atoms with Crippen molar-refractivity contribution < 1.29 is 26.4 Å². The zero-order chi connectivity index (χ0) is 16.3. The number of amides is 1. The molecule has 1 rings (SSSR count). The molecule has 118 valence electrons. The Kier molecular flexibility index (Phi) is 5.48. The van der Waals surface area contributed by atoms with Crippen molar-refractivity contribution in [1.29, 1.82) is 0 Å². The molecule has 0 aromatic heterocycles. The molecule has 1 N–H and O–H groups in total. The first kappa shape index (κ1) is 17.6. The van der Waals surface area contributed by atoms with Crippen LogP contribution in [0.25, 0.3) is 0 Å². The van der Waals surface area contributed by atoms with Crippen molar-refractivity contribution in [1.82, 2.24) is 4.72 Å². The summed E-state index contributed by atoms with van der Waals surface area (Å²) in [5.74, 6) is -0.801. The van der Waals surface area contributed by atoms with E-state index in [-0.39, 0.29) is 9.79 Å². The Bertz CT molecular complexity index is 720. The first-order valence-corrected chi connectivity index (χ1v) is 9.39. The maximum absolute atomic E-state index is 12.1. The lowest BCUT2D eigenvalue weighted by atomic mass is 10.3. The molecule has 0 aliphatic heterocycles. The maximum atomic E-state index is 12.1. The number of carbonyl (C=O) groups excluding carboxylic acids is 1. The fraction of sp³-hybridized carbons (Fsp3) is 0.417. The van der Waals surface area contributed by atoms with Gasteiger partial charge in [0.2, 0.25) is 0 Å².